The van der Waals surface area contributed by atoms with Gasteiger partial charge in [0.1, 0.15) is 5.02 Å². The summed E-state index contributed by atoms with van der Waals surface area (Å²) in [4.78, 5) is 25.0. The van der Waals surface area contributed by atoms with Gasteiger partial charge < -0.3 is 15.3 Å². The number of nitrogens with one attached hydrogen (secondary N) is 1. The Hall–Kier alpha value is -1.60. The van der Waals surface area contributed by atoms with Crippen molar-refractivity contribution in [1.29, 1.82) is 0 Å². The average Bonchev–Trinajstić information content (AvgIpc) is 2.42. The molecule has 1 aromatic rings. The summed E-state index contributed by atoms with van der Waals surface area (Å²) in [5.74, 6) is 0.116. The number of carbonyl (C=O) groups is 1. The number of aromatic nitrogens is 2. The topological polar surface area (TPSA) is 87.5 Å². The standard InChI is InChI=1S/C12H17ClN4O3/c1-16-7-8(2-3-10(16)19)15-9-6-14-17(4-5-18)12(20)11(9)13/h6,8,15,18H,2-5,7H2,1H3. The van der Waals surface area contributed by atoms with Crippen LogP contribution in [0.15, 0.2) is 11.0 Å². The molecular weight excluding hydrogens is 284 g/mol. The third-order valence-corrected chi connectivity index (χ3v) is 3.65. The molecule has 0 aliphatic carbocycles. The van der Waals surface area contributed by atoms with Crippen LogP contribution in [0.3, 0.4) is 0 Å². The minimum absolute atomic E-state index is 0.0464. The highest BCUT2D eigenvalue weighted by Gasteiger charge is 2.23. The molecule has 2 N–H and O–H groups in total. The lowest BCUT2D eigenvalue weighted by Crippen LogP contribution is -2.43. The monoisotopic (exact) mass is 300 g/mol. The first-order valence-corrected chi connectivity index (χ1v) is 6.77. The highest BCUT2D eigenvalue weighted by molar-refractivity contribution is 6.32. The van der Waals surface area contributed by atoms with Crippen LogP contribution in [0.5, 0.6) is 0 Å². The number of nitrogens with zero attached hydrogens (tertiary/aromatic N) is 3. The summed E-state index contributed by atoms with van der Waals surface area (Å²) in [7, 11) is 1.75. The lowest BCUT2D eigenvalue weighted by atomic mass is 10.1. The zero-order valence-electron chi connectivity index (χ0n) is 11.2. The molecular formula is C12H17ClN4O3. The maximum absolute atomic E-state index is 11.9. The lowest BCUT2D eigenvalue weighted by molar-refractivity contribution is -0.132. The molecule has 0 aromatic carbocycles. The SMILES string of the molecule is CN1CC(Nc2cnn(CCO)c(=O)c2Cl)CCC1=O. The maximum Gasteiger partial charge on any atom is 0.287 e. The number of anilines is 1. The quantitative estimate of drug-likeness (QED) is 0.812. The van der Waals surface area contributed by atoms with Crippen LogP contribution in [0.1, 0.15) is 12.8 Å². The van der Waals surface area contributed by atoms with Crippen molar-refractivity contribution >= 4 is 23.2 Å². The highest BCUT2D eigenvalue weighted by atomic mass is 35.5. The lowest BCUT2D eigenvalue weighted by Gasteiger charge is -2.30. The number of aliphatic hydroxyl groups is 1. The number of hydrogen-bond donors (Lipinski definition) is 2. The summed E-state index contributed by atoms with van der Waals surface area (Å²) in [6, 6.07) is 0.0464. The molecule has 0 spiro atoms. The third-order valence-electron chi connectivity index (χ3n) is 3.28. The summed E-state index contributed by atoms with van der Waals surface area (Å²) in [5, 5.41) is 16.0. The number of rotatable bonds is 4. The molecule has 0 bridgehead atoms. The van der Waals surface area contributed by atoms with Crippen LogP contribution in [-0.2, 0) is 11.3 Å². The van der Waals surface area contributed by atoms with Crippen LogP contribution in [0.2, 0.25) is 5.02 Å². The zero-order valence-corrected chi connectivity index (χ0v) is 11.9. The van der Waals surface area contributed by atoms with E-state index in [2.05, 4.69) is 10.4 Å². The van der Waals surface area contributed by atoms with Gasteiger partial charge in [-0.2, -0.15) is 5.10 Å². The fourth-order valence-corrected chi connectivity index (χ4v) is 2.37. The largest absolute Gasteiger partial charge is 0.394 e. The molecule has 1 amide bonds. The van der Waals surface area contributed by atoms with Gasteiger partial charge in [0.05, 0.1) is 25.0 Å². The average molecular weight is 301 g/mol. The van der Waals surface area contributed by atoms with E-state index in [1.54, 1.807) is 11.9 Å². The Bertz CT molecular complexity index is 560. The van der Waals surface area contributed by atoms with Crippen molar-refractivity contribution in [3.05, 3.63) is 21.6 Å². The molecule has 1 unspecified atom stereocenters. The summed E-state index contributed by atoms with van der Waals surface area (Å²) in [6.45, 7) is 0.500. The number of aliphatic hydroxyl groups excluding tert-OH is 1. The van der Waals surface area contributed by atoms with E-state index in [4.69, 9.17) is 16.7 Å². The van der Waals surface area contributed by atoms with Gasteiger partial charge in [0.15, 0.2) is 0 Å². The molecule has 8 heteroatoms. The molecule has 0 saturated carbocycles. The van der Waals surface area contributed by atoms with Gasteiger partial charge in [-0.05, 0) is 6.42 Å². The molecule has 1 aromatic heterocycles. The van der Waals surface area contributed by atoms with Crippen molar-refractivity contribution in [2.24, 2.45) is 0 Å². The van der Waals surface area contributed by atoms with Gasteiger partial charge in [-0.3, -0.25) is 9.59 Å². The number of hydrogen-bond acceptors (Lipinski definition) is 5. The number of halogens is 1. The van der Waals surface area contributed by atoms with E-state index in [0.717, 1.165) is 4.68 Å². The smallest absolute Gasteiger partial charge is 0.287 e. The van der Waals surface area contributed by atoms with Crippen LogP contribution < -0.4 is 10.9 Å². The Labute approximate surface area is 121 Å². The van der Waals surface area contributed by atoms with Gasteiger partial charge in [0.25, 0.3) is 5.56 Å². The molecule has 2 rings (SSSR count). The number of likely N-dealkylation sites (N-methyl/N-ethyl adjacent to an activating group) is 1. The van der Waals surface area contributed by atoms with E-state index in [-0.39, 0.29) is 30.1 Å². The highest BCUT2D eigenvalue weighted by Crippen LogP contribution is 2.20. The number of carbonyl (C=O) groups excluding carboxylic acids is 1. The Morgan fingerprint density at radius 1 is 1.55 bits per heavy atom. The Kier molecular flexibility index (Phi) is 4.61. The molecule has 1 aliphatic heterocycles. The van der Waals surface area contributed by atoms with E-state index < -0.39 is 5.56 Å². The van der Waals surface area contributed by atoms with Crippen molar-refractivity contribution in [3.8, 4) is 0 Å². The van der Waals surface area contributed by atoms with Crippen molar-refractivity contribution in [2.75, 3.05) is 25.5 Å². The zero-order chi connectivity index (χ0) is 14.7. The second-order valence-corrected chi connectivity index (χ2v) is 5.16. The number of likely N-dealkylation sites (tertiary alicyclic amines) is 1. The van der Waals surface area contributed by atoms with Crippen LogP contribution in [-0.4, -0.2) is 51.9 Å². The fourth-order valence-electron chi connectivity index (χ4n) is 2.17. The predicted molar refractivity (Wildman–Crippen MR) is 74.9 cm³/mol. The molecule has 1 atom stereocenters. The van der Waals surface area contributed by atoms with E-state index in [9.17, 15) is 9.59 Å². The van der Waals surface area contributed by atoms with Crippen molar-refractivity contribution < 1.29 is 9.90 Å². The van der Waals surface area contributed by atoms with Crippen LogP contribution in [0.25, 0.3) is 0 Å². The Morgan fingerprint density at radius 3 is 2.95 bits per heavy atom. The van der Waals surface area contributed by atoms with Crippen molar-refractivity contribution in [3.63, 3.8) is 0 Å². The fraction of sp³-hybridized carbons (Fsp3) is 0.583. The molecule has 20 heavy (non-hydrogen) atoms. The summed E-state index contributed by atoms with van der Waals surface area (Å²) >= 11 is 6.02. The van der Waals surface area contributed by atoms with Gasteiger partial charge in [-0.25, -0.2) is 4.68 Å². The van der Waals surface area contributed by atoms with Crippen molar-refractivity contribution in [2.45, 2.75) is 25.4 Å². The van der Waals surface area contributed by atoms with E-state index >= 15 is 0 Å². The molecule has 0 radical (unpaired) electrons. The molecule has 1 fully saturated rings. The van der Waals surface area contributed by atoms with E-state index in [0.29, 0.717) is 25.1 Å². The second-order valence-electron chi connectivity index (χ2n) is 4.78. The third kappa shape index (κ3) is 3.10. The van der Waals surface area contributed by atoms with Gasteiger partial charge in [-0.15, -0.1) is 0 Å². The molecule has 1 saturated heterocycles. The Balaban J connectivity index is 2.12. The van der Waals surface area contributed by atoms with Crippen LogP contribution in [0, 0.1) is 0 Å². The summed E-state index contributed by atoms with van der Waals surface area (Å²) in [5.41, 5.74) is 0.0181. The van der Waals surface area contributed by atoms with Crippen LogP contribution in [0.4, 0.5) is 5.69 Å². The molecule has 2 heterocycles. The second kappa shape index (κ2) is 6.23. The molecule has 110 valence electrons. The van der Waals surface area contributed by atoms with E-state index in [1.165, 1.54) is 6.20 Å². The minimum Gasteiger partial charge on any atom is -0.394 e. The summed E-state index contributed by atoms with van der Waals surface area (Å²) < 4.78 is 1.12. The van der Waals surface area contributed by atoms with Crippen molar-refractivity contribution in [1.82, 2.24) is 14.7 Å². The normalized spacial score (nSPS) is 19.2. The first-order chi connectivity index (χ1) is 9.52. The minimum atomic E-state index is -0.439. The van der Waals surface area contributed by atoms with Gasteiger partial charge >= 0.3 is 0 Å². The summed E-state index contributed by atoms with van der Waals surface area (Å²) in [6.07, 6.45) is 2.63. The Morgan fingerprint density at radius 2 is 2.30 bits per heavy atom. The molecule has 1 aliphatic rings. The van der Waals surface area contributed by atoms with E-state index in [1.807, 2.05) is 0 Å². The van der Waals surface area contributed by atoms with Gasteiger partial charge in [0.2, 0.25) is 5.91 Å². The first kappa shape index (κ1) is 14.8. The van der Waals surface area contributed by atoms with Gasteiger partial charge in [0, 0.05) is 26.1 Å². The molecule has 7 nitrogen and oxygen atoms in total. The number of piperidine rings is 1. The predicted octanol–water partition coefficient (Wildman–Crippen LogP) is -0.0783. The maximum atomic E-state index is 11.9. The first-order valence-electron chi connectivity index (χ1n) is 6.40. The van der Waals surface area contributed by atoms with Crippen LogP contribution >= 0.6 is 11.6 Å². The number of amides is 1. The van der Waals surface area contributed by atoms with Gasteiger partial charge in [-0.1, -0.05) is 11.6 Å².